The van der Waals surface area contributed by atoms with Crippen molar-refractivity contribution in [3.05, 3.63) is 63.1 Å². The van der Waals surface area contributed by atoms with Gasteiger partial charge in [0.2, 0.25) is 0 Å². The average Bonchev–Trinajstić information content (AvgIpc) is 2.42. The van der Waals surface area contributed by atoms with Crippen LogP contribution < -0.4 is 4.74 Å². The van der Waals surface area contributed by atoms with E-state index in [1.165, 1.54) is 0 Å². The first-order chi connectivity index (χ1) is 9.52. The van der Waals surface area contributed by atoms with E-state index in [2.05, 4.69) is 0 Å². The van der Waals surface area contributed by atoms with Crippen LogP contribution in [0.2, 0.25) is 10.0 Å². The fraction of sp³-hybridized carbons (Fsp3) is 0.188. The number of aryl methyl sites for hydroxylation is 1. The topological polar surface area (TPSA) is 26.3 Å². The largest absolute Gasteiger partial charge is 0.497 e. The second kappa shape index (κ2) is 6.29. The van der Waals surface area contributed by atoms with Gasteiger partial charge in [-0.25, -0.2) is 0 Å². The zero-order chi connectivity index (χ0) is 14.7. The van der Waals surface area contributed by atoms with Crippen molar-refractivity contribution >= 4 is 29.0 Å². The fourth-order valence-corrected chi connectivity index (χ4v) is 2.56. The van der Waals surface area contributed by atoms with Crippen molar-refractivity contribution in [3.63, 3.8) is 0 Å². The molecule has 0 aliphatic carbocycles. The van der Waals surface area contributed by atoms with Gasteiger partial charge in [0.25, 0.3) is 0 Å². The van der Waals surface area contributed by atoms with E-state index < -0.39 is 0 Å². The van der Waals surface area contributed by atoms with E-state index in [1.807, 2.05) is 13.0 Å². The van der Waals surface area contributed by atoms with Gasteiger partial charge in [0.05, 0.1) is 7.11 Å². The molecule has 104 valence electrons. The van der Waals surface area contributed by atoms with Crippen molar-refractivity contribution in [1.82, 2.24) is 0 Å². The van der Waals surface area contributed by atoms with E-state index in [9.17, 15) is 4.79 Å². The van der Waals surface area contributed by atoms with Gasteiger partial charge in [0.15, 0.2) is 5.78 Å². The van der Waals surface area contributed by atoms with Crippen molar-refractivity contribution in [2.45, 2.75) is 13.3 Å². The van der Waals surface area contributed by atoms with Crippen molar-refractivity contribution < 1.29 is 9.53 Å². The van der Waals surface area contributed by atoms with Gasteiger partial charge in [-0.05, 0) is 48.4 Å². The van der Waals surface area contributed by atoms with E-state index in [4.69, 9.17) is 27.9 Å². The zero-order valence-corrected chi connectivity index (χ0v) is 12.8. The maximum Gasteiger partial charge on any atom is 0.167 e. The first-order valence-corrected chi connectivity index (χ1v) is 6.89. The highest BCUT2D eigenvalue weighted by molar-refractivity contribution is 6.36. The molecule has 0 aliphatic rings. The summed E-state index contributed by atoms with van der Waals surface area (Å²) in [5.74, 6) is 0.718. The Hall–Kier alpha value is -1.51. The lowest BCUT2D eigenvalue weighted by molar-refractivity contribution is 0.0992. The highest BCUT2D eigenvalue weighted by atomic mass is 35.5. The summed E-state index contributed by atoms with van der Waals surface area (Å²) in [6.45, 7) is 1.88. The first-order valence-electron chi connectivity index (χ1n) is 6.13. The normalized spacial score (nSPS) is 10.4. The Balaban J connectivity index is 2.29. The second-order valence-electron chi connectivity index (χ2n) is 4.48. The molecule has 2 rings (SSSR count). The van der Waals surface area contributed by atoms with Crippen molar-refractivity contribution in [2.75, 3.05) is 7.11 Å². The average molecular weight is 309 g/mol. The van der Waals surface area contributed by atoms with Gasteiger partial charge in [-0.15, -0.1) is 0 Å². The minimum Gasteiger partial charge on any atom is -0.497 e. The highest BCUT2D eigenvalue weighted by Crippen LogP contribution is 2.26. The number of halogens is 2. The monoisotopic (exact) mass is 308 g/mol. The van der Waals surface area contributed by atoms with Crippen LogP contribution in [-0.4, -0.2) is 12.9 Å². The summed E-state index contributed by atoms with van der Waals surface area (Å²) < 4.78 is 5.13. The number of hydrogen-bond donors (Lipinski definition) is 0. The Bertz CT molecular complexity index is 631. The van der Waals surface area contributed by atoms with E-state index in [0.29, 0.717) is 21.2 Å². The third kappa shape index (κ3) is 3.14. The second-order valence-corrected chi connectivity index (χ2v) is 5.30. The number of ketones is 1. The molecule has 0 aliphatic heterocycles. The predicted octanol–water partition coefficient (Wildman–Crippen LogP) is 4.74. The van der Waals surface area contributed by atoms with E-state index >= 15 is 0 Å². The molecular weight excluding hydrogens is 295 g/mol. The lowest BCUT2D eigenvalue weighted by Crippen LogP contribution is -2.06. The van der Waals surface area contributed by atoms with Crippen LogP contribution in [0.15, 0.2) is 36.4 Å². The van der Waals surface area contributed by atoms with Crippen LogP contribution in [0.25, 0.3) is 0 Å². The molecule has 0 N–H and O–H groups in total. The molecule has 0 saturated heterocycles. The Morgan fingerprint density at radius 3 is 2.35 bits per heavy atom. The van der Waals surface area contributed by atoms with Crippen LogP contribution in [0.5, 0.6) is 5.75 Å². The molecule has 0 heterocycles. The van der Waals surface area contributed by atoms with Crippen molar-refractivity contribution in [2.24, 2.45) is 0 Å². The van der Waals surface area contributed by atoms with E-state index in [1.54, 1.807) is 37.4 Å². The molecule has 0 atom stereocenters. The maximum absolute atomic E-state index is 12.4. The lowest BCUT2D eigenvalue weighted by Gasteiger charge is -2.09. The van der Waals surface area contributed by atoms with Gasteiger partial charge in [-0.3, -0.25) is 4.79 Å². The third-order valence-electron chi connectivity index (χ3n) is 3.13. The van der Waals surface area contributed by atoms with Crippen LogP contribution >= 0.6 is 23.2 Å². The summed E-state index contributed by atoms with van der Waals surface area (Å²) >= 11 is 12.2. The zero-order valence-electron chi connectivity index (χ0n) is 11.2. The number of hydrogen-bond acceptors (Lipinski definition) is 2. The number of methoxy groups -OCH3 is 1. The molecular formula is C16H14Cl2O2. The minimum absolute atomic E-state index is 0.0137. The van der Waals surface area contributed by atoms with E-state index in [0.717, 1.165) is 11.3 Å². The number of carbonyl (C=O) groups is 1. The number of rotatable bonds is 4. The van der Waals surface area contributed by atoms with Crippen molar-refractivity contribution in [3.8, 4) is 5.75 Å². The van der Waals surface area contributed by atoms with Gasteiger partial charge >= 0.3 is 0 Å². The van der Waals surface area contributed by atoms with Crippen LogP contribution in [0.4, 0.5) is 0 Å². The van der Waals surface area contributed by atoms with Gasteiger partial charge < -0.3 is 4.74 Å². The molecule has 2 aromatic rings. The Morgan fingerprint density at radius 2 is 1.80 bits per heavy atom. The molecule has 2 aromatic carbocycles. The van der Waals surface area contributed by atoms with Crippen LogP contribution in [0, 0.1) is 6.92 Å². The first kappa shape index (κ1) is 14.9. The number of carbonyl (C=O) groups excluding carboxylic acids is 1. The Kier molecular flexibility index (Phi) is 4.69. The fourth-order valence-electron chi connectivity index (χ4n) is 2.03. The smallest absolute Gasteiger partial charge is 0.167 e. The highest BCUT2D eigenvalue weighted by Gasteiger charge is 2.14. The summed E-state index contributed by atoms with van der Waals surface area (Å²) in [6.07, 6.45) is 0.186. The van der Waals surface area contributed by atoms with Crippen LogP contribution in [0.1, 0.15) is 21.5 Å². The summed E-state index contributed by atoms with van der Waals surface area (Å²) in [6, 6.07) is 10.6. The minimum atomic E-state index is -0.0137. The third-order valence-corrected chi connectivity index (χ3v) is 3.84. The molecule has 4 heteroatoms. The quantitative estimate of drug-likeness (QED) is 0.763. The van der Waals surface area contributed by atoms with Crippen LogP contribution in [-0.2, 0) is 6.42 Å². The molecule has 0 spiro atoms. The molecule has 20 heavy (non-hydrogen) atoms. The molecule has 2 nitrogen and oxygen atoms in total. The van der Waals surface area contributed by atoms with Gasteiger partial charge in [0, 0.05) is 22.0 Å². The van der Waals surface area contributed by atoms with Crippen LogP contribution in [0.3, 0.4) is 0 Å². The molecule has 0 aromatic heterocycles. The molecule has 0 unspecified atom stereocenters. The Labute approximate surface area is 128 Å². The molecule has 0 amide bonds. The number of benzene rings is 2. The maximum atomic E-state index is 12.4. The number of ether oxygens (including phenoxy) is 1. The molecule has 0 saturated carbocycles. The standard InChI is InChI=1S/C16H14Cl2O2/c1-10-8-11(20-2)6-7-12(10)16(19)9-13-14(17)4-3-5-15(13)18/h3-8H,9H2,1-2H3. The predicted molar refractivity (Wildman–Crippen MR) is 82.2 cm³/mol. The number of Topliss-reactive ketones (excluding diaryl/α,β-unsaturated/α-hetero) is 1. The lowest BCUT2D eigenvalue weighted by atomic mass is 9.99. The van der Waals surface area contributed by atoms with Crippen molar-refractivity contribution in [1.29, 1.82) is 0 Å². The molecule has 0 fully saturated rings. The molecule has 0 bridgehead atoms. The summed E-state index contributed by atoms with van der Waals surface area (Å²) in [4.78, 5) is 12.4. The summed E-state index contributed by atoms with van der Waals surface area (Å²) in [7, 11) is 1.60. The van der Waals surface area contributed by atoms with E-state index in [-0.39, 0.29) is 12.2 Å². The van der Waals surface area contributed by atoms with Gasteiger partial charge in [0.1, 0.15) is 5.75 Å². The SMILES string of the molecule is COc1ccc(C(=O)Cc2c(Cl)cccc2Cl)c(C)c1. The summed E-state index contributed by atoms with van der Waals surface area (Å²) in [5, 5.41) is 1.02. The summed E-state index contributed by atoms with van der Waals surface area (Å²) in [5.41, 5.74) is 2.19. The van der Waals surface area contributed by atoms with Gasteiger partial charge in [-0.2, -0.15) is 0 Å². The Morgan fingerprint density at radius 1 is 1.15 bits per heavy atom. The van der Waals surface area contributed by atoms with Gasteiger partial charge in [-0.1, -0.05) is 29.3 Å². The molecule has 0 radical (unpaired) electrons.